The smallest absolute Gasteiger partial charge is 0.266 e. The van der Waals surface area contributed by atoms with Crippen LogP contribution in [0.15, 0.2) is 59.5 Å². The highest BCUT2D eigenvalue weighted by atomic mass is 32.2. The number of rotatable bonds is 6. The molecule has 3 rings (SSSR count). The summed E-state index contributed by atoms with van der Waals surface area (Å²) in [6.07, 6.45) is 2.81. The van der Waals surface area contributed by atoms with Gasteiger partial charge in [-0.25, -0.2) is 0 Å². The van der Waals surface area contributed by atoms with Gasteiger partial charge in [0.25, 0.3) is 5.91 Å². The van der Waals surface area contributed by atoms with Crippen LogP contribution in [0.1, 0.15) is 24.5 Å². The number of thioether (sulfide) groups is 1. The molecule has 0 aliphatic carbocycles. The Hall–Kier alpha value is -2.11. The lowest BCUT2D eigenvalue weighted by Crippen LogP contribution is -2.27. The lowest BCUT2D eigenvalue weighted by atomic mass is 10.1. The summed E-state index contributed by atoms with van der Waals surface area (Å²) in [5, 5.41) is 0. The molecule has 1 heterocycles. The summed E-state index contributed by atoms with van der Waals surface area (Å²) in [4.78, 5) is 15.0. The maximum Gasteiger partial charge on any atom is 0.266 e. The van der Waals surface area contributed by atoms with Gasteiger partial charge < -0.3 is 4.74 Å². The fraction of sp³-hybridized carbons (Fsp3) is 0.200. The summed E-state index contributed by atoms with van der Waals surface area (Å²) in [5.74, 6) is 0.738. The van der Waals surface area contributed by atoms with Crippen molar-refractivity contribution in [3.63, 3.8) is 0 Å². The van der Waals surface area contributed by atoms with Crippen LogP contribution in [0.4, 0.5) is 0 Å². The van der Waals surface area contributed by atoms with Crippen molar-refractivity contribution in [1.82, 2.24) is 4.90 Å². The van der Waals surface area contributed by atoms with Gasteiger partial charge >= 0.3 is 0 Å². The number of ether oxygens (including phenoxy) is 1. The van der Waals surface area contributed by atoms with E-state index in [4.69, 9.17) is 17.0 Å². The van der Waals surface area contributed by atoms with E-state index in [9.17, 15) is 4.79 Å². The van der Waals surface area contributed by atoms with Crippen LogP contribution in [0.3, 0.4) is 0 Å². The van der Waals surface area contributed by atoms with Crippen molar-refractivity contribution in [3.8, 4) is 5.75 Å². The molecule has 0 atom stereocenters. The fourth-order valence-electron chi connectivity index (χ4n) is 2.49. The van der Waals surface area contributed by atoms with Crippen molar-refractivity contribution in [1.29, 1.82) is 0 Å². The van der Waals surface area contributed by atoms with Gasteiger partial charge in [-0.3, -0.25) is 9.69 Å². The van der Waals surface area contributed by atoms with Crippen molar-refractivity contribution >= 4 is 40.3 Å². The topological polar surface area (TPSA) is 29.5 Å². The number of amides is 1. The van der Waals surface area contributed by atoms with Crippen molar-refractivity contribution in [3.05, 3.63) is 70.6 Å². The second-order valence-electron chi connectivity index (χ2n) is 5.64. The minimum Gasteiger partial charge on any atom is -0.493 e. The van der Waals surface area contributed by atoms with Crippen LogP contribution in [0, 0.1) is 0 Å². The molecular formula is C20H19NO2S2. The van der Waals surface area contributed by atoms with Gasteiger partial charge in [0.05, 0.1) is 18.1 Å². The molecule has 1 amide bonds. The first kappa shape index (κ1) is 17.7. The van der Waals surface area contributed by atoms with Crippen LogP contribution in [0.25, 0.3) is 6.08 Å². The van der Waals surface area contributed by atoms with Gasteiger partial charge in [0, 0.05) is 5.56 Å². The van der Waals surface area contributed by atoms with E-state index in [0.29, 0.717) is 22.4 Å². The molecule has 1 fully saturated rings. The van der Waals surface area contributed by atoms with E-state index in [2.05, 4.69) is 6.92 Å². The highest BCUT2D eigenvalue weighted by Crippen LogP contribution is 2.35. The molecule has 1 aliphatic rings. The Morgan fingerprint density at radius 3 is 2.60 bits per heavy atom. The Morgan fingerprint density at radius 1 is 1.12 bits per heavy atom. The summed E-state index contributed by atoms with van der Waals surface area (Å²) in [6, 6.07) is 17.6. The standard InChI is InChI=1S/C20H19NO2S2/c1-2-12-23-17-11-7-6-10-16(17)13-18-19(22)21(20(24)25-18)14-15-8-4-3-5-9-15/h3-11,13H,2,12,14H2,1H3/b18-13+. The largest absolute Gasteiger partial charge is 0.493 e. The van der Waals surface area contributed by atoms with Crippen molar-refractivity contribution < 1.29 is 9.53 Å². The fourth-order valence-corrected chi connectivity index (χ4v) is 3.73. The first-order valence-corrected chi connectivity index (χ1v) is 9.42. The normalized spacial score (nSPS) is 15.9. The second-order valence-corrected chi connectivity index (χ2v) is 7.32. The highest BCUT2D eigenvalue weighted by molar-refractivity contribution is 8.26. The third kappa shape index (κ3) is 4.30. The highest BCUT2D eigenvalue weighted by Gasteiger charge is 2.32. The molecule has 0 aromatic heterocycles. The van der Waals surface area contributed by atoms with Crippen LogP contribution in [0.5, 0.6) is 5.75 Å². The Bertz CT molecular complexity index is 802. The van der Waals surface area contributed by atoms with E-state index < -0.39 is 0 Å². The average molecular weight is 370 g/mol. The zero-order chi connectivity index (χ0) is 17.6. The average Bonchev–Trinajstić information content (AvgIpc) is 2.89. The molecule has 3 nitrogen and oxygen atoms in total. The molecular weight excluding hydrogens is 350 g/mol. The summed E-state index contributed by atoms with van der Waals surface area (Å²) < 4.78 is 6.36. The third-order valence-electron chi connectivity index (χ3n) is 3.72. The molecule has 1 saturated heterocycles. The van der Waals surface area contributed by atoms with E-state index >= 15 is 0 Å². The van der Waals surface area contributed by atoms with Gasteiger partial charge in [0.1, 0.15) is 10.1 Å². The van der Waals surface area contributed by atoms with E-state index in [1.165, 1.54) is 11.8 Å². The molecule has 2 aromatic carbocycles. The maximum atomic E-state index is 12.8. The number of nitrogens with zero attached hydrogens (tertiary/aromatic N) is 1. The summed E-state index contributed by atoms with van der Waals surface area (Å²) in [6.45, 7) is 3.22. The SMILES string of the molecule is CCCOc1ccccc1/C=C1/SC(=S)N(Cc2ccccc2)C1=O. The van der Waals surface area contributed by atoms with Crippen LogP contribution < -0.4 is 4.74 Å². The van der Waals surface area contributed by atoms with Crippen LogP contribution >= 0.6 is 24.0 Å². The molecule has 128 valence electrons. The molecule has 1 aliphatic heterocycles. The lowest BCUT2D eigenvalue weighted by Gasteiger charge is -2.14. The number of carbonyl (C=O) groups excluding carboxylic acids is 1. The van der Waals surface area contributed by atoms with E-state index in [1.807, 2.05) is 60.7 Å². The third-order valence-corrected chi connectivity index (χ3v) is 5.10. The lowest BCUT2D eigenvalue weighted by molar-refractivity contribution is -0.122. The van der Waals surface area contributed by atoms with E-state index in [0.717, 1.165) is 23.3 Å². The van der Waals surface area contributed by atoms with Crippen molar-refractivity contribution in [2.24, 2.45) is 0 Å². The van der Waals surface area contributed by atoms with Gasteiger partial charge in [-0.2, -0.15) is 0 Å². The van der Waals surface area contributed by atoms with Crippen molar-refractivity contribution in [2.45, 2.75) is 19.9 Å². The number of benzene rings is 2. The van der Waals surface area contributed by atoms with Gasteiger partial charge in [-0.1, -0.05) is 79.4 Å². The zero-order valence-electron chi connectivity index (χ0n) is 14.0. The molecule has 0 spiro atoms. The maximum absolute atomic E-state index is 12.8. The molecule has 2 aromatic rings. The number of hydrogen-bond donors (Lipinski definition) is 0. The van der Waals surface area contributed by atoms with Gasteiger partial charge in [-0.15, -0.1) is 0 Å². The molecule has 0 bridgehead atoms. The number of hydrogen-bond acceptors (Lipinski definition) is 4. The minimum absolute atomic E-state index is 0.0517. The Balaban J connectivity index is 1.81. The van der Waals surface area contributed by atoms with Crippen LogP contribution in [-0.2, 0) is 11.3 Å². The van der Waals surface area contributed by atoms with Crippen LogP contribution in [-0.4, -0.2) is 21.7 Å². The van der Waals surface area contributed by atoms with Gasteiger partial charge in [-0.05, 0) is 24.1 Å². The minimum atomic E-state index is -0.0517. The van der Waals surface area contributed by atoms with E-state index in [-0.39, 0.29) is 5.91 Å². The van der Waals surface area contributed by atoms with Gasteiger partial charge in [0.15, 0.2) is 0 Å². The molecule has 25 heavy (non-hydrogen) atoms. The number of carbonyl (C=O) groups is 1. The Morgan fingerprint density at radius 2 is 1.84 bits per heavy atom. The monoisotopic (exact) mass is 369 g/mol. The Kier molecular flexibility index (Phi) is 5.89. The first-order valence-electron chi connectivity index (χ1n) is 8.20. The number of para-hydroxylation sites is 1. The second kappa shape index (κ2) is 8.32. The predicted octanol–water partition coefficient (Wildman–Crippen LogP) is 4.88. The number of thiocarbonyl (C=S) groups is 1. The molecule has 0 radical (unpaired) electrons. The summed E-state index contributed by atoms with van der Waals surface area (Å²) in [5.41, 5.74) is 1.96. The van der Waals surface area contributed by atoms with Crippen molar-refractivity contribution in [2.75, 3.05) is 6.61 Å². The Labute approximate surface area is 157 Å². The first-order chi connectivity index (χ1) is 12.2. The molecule has 0 N–H and O–H groups in total. The van der Waals surface area contributed by atoms with E-state index in [1.54, 1.807) is 4.90 Å². The molecule has 5 heteroatoms. The summed E-state index contributed by atoms with van der Waals surface area (Å²) in [7, 11) is 0. The quantitative estimate of drug-likeness (QED) is 0.536. The predicted molar refractivity (Wildman–Crippen MR) is 107 cm³/mol. The molecule has 0 unspecified atom stereocenters. The van der Waals surface area contributed by atoms with Gasteiger partial charge in [0.2, 0.25) is 0 Å². The molecule has 0 saturated carbocycles. The summed E-state index contributed by atoms with van der Waals surface area (Å²) >= 11 is 6.75. The zero-order valence-corrected chi connectivity index (χ0v) is 15.6. The van der Waals surface area contributed by atoms with Crippen LogP contribution in [0.2, 0.25) is 0 Å².